The standard InChI is InChI=1S/C13H24O2/c1-2-15-13(12(14)10-8-9-10)11-6-4-3-5-7-11/h10-14H,2-9H2,1H3. The smallest absolute Gasteiger partial charge is 0.0864 e. The highest BCUT2D eigenvalue weighted by Gasteiger charge is 2.39. The molecule has 0 aliphatic heterocycles. The van der Waals surface area contributed by atoms with E-state index in [0.29, 0.717) is 11.8 Å². The molecule has 2 unspecified atom stereocenters. The first kappa shape index (κ1) is 11.4. The lowest BCUT2D eigenvalue weighted by atomic mass is 9.82. The van der Waals surface area contributed by atoms with E-state index in [9.17, 15) is 5.11 Å². The highest BCUT2D eigenvalue weighted by atomic mass is 16.5. The summed E-state index contributed by atoms with van der Waals surface area (Å²) >= 11 is 0. The van der Waals surface area contributed by atoms with Crippen molar-refractivity contribution in [3.8, 4) is 0 Å². The van der Waals surface area contributed by atoms with Gasteiger partial charge in [-0.05, 0) is 44.4 Å². The third-order valence-corrected chi connectivity index (χ3v) is 3.92. The molecule has 2 aliphatic carbocycles. The fourth-order valence-corrected chi connectivity index (χ4v) is 2.87. The van der Waals surface area contributed by atoms with Crippen LogP contribution in [0.25, 0.3) is 0 Å². The average Bonchev–Trinajstić information content (AvgIpc) is 3.10. The fourth-order valence-electron chi connectivity index (χ4n) is 2.87. The molecular formula is C13H24O2. The number of aliphatic hydroxyl groups excluding tert-OH is 1. The minimum absolute atomic E-state index is 0.128. The van der Waals surface area contributed by atoms with Crippen molar-refractivity contribution in [1.29, 1.82) is 0 Å². The predicted molar refractivity (Wildman–Crippen MR) is 60.7 cm³/mol. The molecule has 0 spiro atoms. The van der Waals surface area contributed by atoms with Gasteiger partial charge < -0.3 is 9.84 Å². The predicted octanol–water partition coefficient (Wildman–Crippen LogP) is 2.74. The van der Waals surface area contributed by atoms with E-state index in [4.69, 9.17) is 4.74 Å². The van der Waals surface area contributed by atoms with Crippen molar-refractivity contribution in [2.24, 2.45) is 11.8 Å². The van der Waals surface area contributed by atoms with Crippen molar-refractivity contribution in [3.05, 3.63) is 0 Å². The maximum absolute atomic E-state index is 10.2. The van der Waals surface area contributed by atoms with E-state index in [1.165, 1.54) is 44.9 Å². The second-order valence-corrected chi connectivity index (χ2v) is 5.15. The topological polar surface area (TPSA) is 29.5 Å². The zero-order valence-corrected chi connectivity index (χ0v) is 9.82. The molecule has 2 fully saturated rings. The van der Waals surface area contributed by atoms with Gasteiger partial charge in [0.15, 0.2) is 0 Å². The Morgan fingerprint density at radius 3 is 2.27 bits per heavy atom. The van der Waals surface area contributed by atoms with Gasteiger partial charge in [-0.15, -0.1) is 0 Å². The molecule has 15 heavy (non-hydrogen) atoms. The van der Waals surface area contributed by atoms with Gasteiger partial charge in [0.2, 0.25) is 0 Å². The summed E-state index contributed by atoms with van der Waals surface area (Å²) in [5, 5.41) is 10.2. The minimum atomic E-state index is -0.187. The van der Waals surface area contributed by atoms with Crippen LogP contribution in [0.2, 0.25) is 0 Å². The van der Waals surface area contributed by atoms with E-state index < -0.39 is 0 Å². The van der Waals surface area contributed by atoms with Crippen molar-refractivity contribution in [2.45, 2.75) is 64.1 Å². The first-order chi connectivity index (χ1) is 7.33. The van der Waals surface area contributed by atoms with Crippen LogP contribution in [0.4, 0.5) is 0 Å². The molecule has 0 amide bonds. The number of hydrogen-bond donors (Lipinski definition) is 1. The first-order valence-corrected chi connectivity index (χ1v) is 6.62. The molecule has 0 aromatic heterocycles. The van der Waals surface area contributed by atoms with Crippen molar-refractivity contribution < 1.29 is 9.84 Å². The van der Waals surface area contributed by atoms with Crippen molar-refractivity contribution in [1.82, 2.24) is 0 Å². The van der Waals surface area contributed by atoms with Gasteiger partial charge in [-0.25, -0.2) is 0 Å². The number of ether oxygens (including phenoxy) is 1. The van der Waals surface area contributed by atoms with Gasteiger partial charge in [0.25, 0.3) is 0 Å². The van der Waals surface area contributed by atoms with Gasteiger partial charge in [-0.1, -0.05) is 19.3 Å². The quantitative estimate of drug-likeness (QED) is 0.759. The van der Waals surface area contributed by atoms with Crippen molar-refractivity contribution >= 4 is 0 Å². The third kappa shape index (κ3) is 2.94. The van der Waals surface area contributed by atoms with Gasteiger partial charge >= 0.3 is 0 Å². The van der Waals surface area contributed by atoms with Crippen LogP contribution in [-0.4, -0.2) is 23.9 Å². The summed E-state index contributed by atoms with van der Waals surface area (Å²) in [7, 11) is 0. The lowest BCUT2D eigenvalue weighted by Crippen LogP contribution is -2.38. The van der Waals surface area contributed by atoms with Crippen LogP contribution in [0.1, 0.15) is 51.9 Å². The van der Waals surface area contributed by atoms with Gasteiger partial charge in [0.05, 0.1) is 12.2 Å². The average molecular weight is 212 g/mol. The molecule has 0 aromatic rings. The van der Waals surface area contributed by atoms with E-state index in [1.54, 1.807) is 0 Å². The van der Waals surface area contributed by atoms with Crippen LogP contribution in [0.5, 0.6) is 0 Å². The van der Waals surface area contributed by atoms with Crippen molar-refractivity contribution in [2.75, 3.05) is 6.61 Å². The Bertz CT molecular complexity index is 183. The summed E-state index contributed by atoms with van der Waals surface area (Å²) in [5.74, 6) is 1.16. The van der Waals surface area contributed by atoms with Crippen LogP contribution in [0.3, 0.4) is 0 Å². The molecule has 1 N–H and O–H groups in total. The summed E-state index contributed by atoms with van der Waals surface area (Å²) < 4.78 is 5.79. The Morgan fingerprint density at radius 1 is 1.07 bits per heavy atom. The summed E-state index contributed by atoms with van der Waals surface area (Å²) in [5.41, 5.74) is 0. The second-order valence-electron chi connectivity index (χ2n) is 5.15. The van der Waals surface area contributed by atoms with Gasteiger partial charge in [0.1, 0.15) is 0 Å². The summed E-state index contributed by atoms with van der Waals surface area (Å²) in [4.78, 5) is 0. The minimum Gasteiger partial charge on any atom is -0.390 e. The largest absolute Gasteiger partial charge is 0.390 e. The van der Waals surface area contributed by atoms with Gasteiger partial charge in [-0.2, -0.15) is 0 Å². The molecular weight excluding hydrogens is 188 g/mol. The highest BCUT2D eigenvalue weighted by molar-refractivity contribution is 4.90. The van der Waals surface area contributed by atoms with E-state index in [1.807, 2.05) is 6.92 Å². The van der Waals surface area contributed by atoms with E-state index >= 15 is 0 Å². The first-order valence-electron chi connectivity index (χ1n) is 6.62. The number of hydrogen-bond acceptors (Lipinski definition) is 2. The Balaban J connectivity index is 1.90. The Morgan fingerprint density at radius 2 is 1.73 bits per heavy atom. The Labute approximate surface area is 93.0 Å². The monoisotopic (exact) mass is 212 g/mol. The molecule has 0 radical (unpaired) electrons. The number of rotatable bonds is 5. The SMILES string of the molecule is CCOC(C1CCCCC1)C(O)C1CC1. The summed E-state index contributed by atoms with van der Waals surface area (Å²) in [6.45, 7) is 2.78. The summed E-state index contributed by atoms with van der Waals surface area (Å²) in [6.07, 6.45) is 8.89. The maximum atomic E-state index is 10.2. The zero-order chi connectivity index (χ0) is 10.7. The summed E-state index contributed by atoms with van der Waals surface area (Å²) in [6, 6.07) is 0. The Kier molecular flexibility index (Phi) is 4.04. The second kappa shape index (κ2) is 5.31. The molecule has 2 rings (SSSR count). The fraction of sp³-hybridized carbons (Fsp3) is 1.00. The molecule has 2 heteroatoms. The van der Waals surface area contributed by atoms with Crippen LogP contribution >= 0.6 is 0 Å². The van der Waals surface area contributed by atoms with Crippen LogP contribution in [0, 0.1) is 11.8 Å². The lowest BCUT2D eigenvalue weighted by molar-refractivity contribution is -0.0798. The molecule has 0 heterocycles. The van der Waals surface area contributed by atoms with Crippen LogP contribution < -0.4 is 0 Å². The molecule has 0 aromatic carbocycles. The molecule has 0 saturated heterocycles. The van der Waals surface area contributed by atoms with Gasteiger partial charge in [-0.3, -0.25) is 0 Å². The lowest BCUT2D eigenvalue weighted by Gasteiger charge is -2.33. The third-order valence-electron chi connectivity index (χ3n) is 3.92. The Hall–Kier alpha value is -0.0800. The van der Waals surface area contributed by atoms with Crippen LogP contribution in [0.15, 0.2) is 0 Å². The van der Waals surface area contributed by atoms with E-state index in [2.05, 4.69) is 0 Å². The zero-order valence-electron chi connectivity index (χ0n) is 9.82. The van der Waals surface area contributed by atoms with Crippen LogP contribution in [-0.2, 0) is 4.74 Å². The molecule has 2 saturated carbocycles. The van der Waals surface area contributed by atoms with Gasteiger partial charge in [0, 0.05) is 6.61 Å². The molecule has 0 bridgehead atoms. The van der Waals surface area contributed by atoms with E-state index in [0.717, 1.165) is 6.61 Å². The molecule has 2 aliphatic rings. The normalized spacial score (nSPS) is 27.6. The van der Waals surface area contributed by atoms with Crippen molar-refractivity contribution in [3.63, 3.8) is 0 Å². The molecule has 2 nitrogen and oxygen atoms in total. The highest BCUT2D eigenvalue weighted by Crippen LogP contribution is 2.39. The maximum Gasteiger partial charge on any atom is 0.0864 e. The molecule has 2 atom stereocenters. The van der Waals surface area contributed by atoms with E-state index in [-0.39, 0.29) is 12.2 Å². The molecule has 88 valence electrons. The number of aliphatic hydroxyl groups is 1.